The van der Waals surface area contributed by atoms with Crippen LogP contribution in [-0.2, 0) is 22.9 Å². The van der Waals surface area contributed by atoms with E-state index in [-0.39, 0.29) is 24.9 Å². The number of rotatable bonds is 7. The smallest absolute Gasteiger partial charge is 0.331 e. The van der Waals surface area contributed by atoms with Gasteiger partial charge in [0.15, 0.2) is 5.82 Å². The van der Waals surface area contributed by atoms with E-state index in [0.717, 1.165) is 6.08 Å². The number of alkyl halides is 3. The summed E-state index contributed by atoms with van der Waals surface area (Å²) in [5, 5.41) is 11.3. The summed E-state index contributed by atoms with van der Waals surface area (Å²) in [7, 11) is 0. The Labute approximate surface area is 169 Å². The maximum atomic E-state index is 11.3. The number of hydrogen-bond acceptors (Lipinski definition) is 9. The van der Waals surface area contributed by atoms with E-state index in [0.29, 0.717) is 38.3 Å². The molecule has 2 N–H and O–H groups in total. The molecule has 1 aromatic rings. The molecule has 148 valence electrons. The van der Waals surface area contributed by atoms with E-state index in [4.69, 9.17) is 49.4 Å². The van der Waals surface area contributed by atoms with Crippen LogP contribution < -0.4 is 10.2 Å². The molecular weight excluding hydrogens is 425 g/mol. The number of halogens is 3. The highest BCUT2D eigenvalue weighted by molar-refractivity contribution is 6.66. The zero-order valence-electron chi connectivity index (χ0n) is 13.9. The molecule has 0 aromatic carbocycles. The molecule has 10 nitrogen and oxygen atoms in total. The Bertz CT molecular complexity index is 707. The molecule has 0 unspecified atom stereocenters. The molecule has 0 bridgehead atoms. The van der Waals surface area contributed by atoms with Crippen LogP contribution in [0.25, 0.3) is 0 Å². The summed E-state index contributed by atoms with van der Waals surface area (Å²) in [5.41, 5.74) is 0. The van der Waals surface area contributed by atoms with Crippen LogP contribution in [0.5, 0.6) is 0 Å². The number of esters is 1. The van der Waals surface area contributed by atoms with Gasteiger partial charge in [-0.3, -0.25) is 0 Å². The molecule has 1 aromatic heterocycles. The number of hydrogen-bond donors (Lipinski definition) is 2. The first-order valence-corrected chi connectivity index (χ1v) is 8.86. The van der Waals surface area contributed by atoms with Crippen LogP contribution in [0.3, 0.4) is 0 Å². The number of morpholine rings is 1. The zero-order chi connectivity index (χ0) is 19.9. The van der Waals surface area contributed by atoms with Crippen molar-refractivity contribution in [1.82, 2.24) is 15.0 Å². The predicted molar refractivity (Wildman–Crippen MR) is 98.3 cm³/mol. The first-order valence-electron chi connectivity index (χ1n) is 7.73. The third-order valence-electron chi connectivity index (χ3n) is 3.16. The van der Waals surface area contributed by atoms with E-state index in [1.54, 1.807) is 0 Å². The van der Waals surface area contributed by atoms with Gasteiger partial charge in [-0.1, -0.05) is 34.8 Å². The van der Waals surface area contributed by atoms with Gasteiger partial charge in [0.1, 0.15) is 6.61 Å². The number of carbonyl (C=O) groups is 2. The number of ether oxygens (including phenoxy) is 2. The first-order chi connectivity index (χ1) is 12.8. The second kappa shape index (κ2) is 9.88. The Balaban J connectivity index is 2.00. The minimum Gasteiger partial charge on any atom is -0.478 e. The van der Waals surface area contributed by atoms with Crippen LogP contribution in [0.4, 0.5) is 11.9 Å². The highest BCUT2D eigenvalue weighted by Gasteiger charge is 2.29. The number of carbonyl (C=O) groups excluding carboxylic acids is 1. The van der Waals surface area contributed by atoms with Crippen molar-refractivity contribution in [3.05, 3.63) is 18.0 Å². The quantitative estimate of drug-likeness (QED) is 0.276. The Morgan fingerprint density at radius 1 is 1.22 bits per heavy atom. The van der Waals surface area contributed by atoms with Gasteiger partial charge in [-0.25, -0.2) is 9.59 Å². The van der Waals surface area contributed by atoms with Crippen LogP contribution in [0.1, 0.15) is 5.82 Å². The van der Waals surface area contributed by atoms with Gasteiger partial charge in [0.25, 0.3) is 0 Å². The number of anilines is 2. The van der Waals surface area contributed by atoms with E-state index in [9.17, 15) is 9.59 Å². The van der Waals surface area contributed by atoms with Gasteiger partial charge >= 0.3 is 11.9 Å². The van der Waals surface area contributed by atoms with Crippen molar-refractivity contribution in [2.75, 3.05) is 49.7 Å². The summed E-state index contributed by atoms with van der Waals surface area (Å²) >= 11 is 17.7. The average molecular weight is 441 g/mol. The Morgan fingerprint density at radius 3 is 2.56 bits per heavy atom. The Kier molecular flexibility index (Phi) is 7.84. The lowest BCUT2D eigenvalue weighted by Crippen LogP contribution is -2.38. The molecule has 0 radical (unpaired) electrons. The SMILES string of the molecule is O=C(O)/C=C/C(=O)OCCNc1nc(N2CCOCC2)nc(C(Cl)(Cl)Cl)n1. The van der Waals surface area contributed by atoms with E-state index in [1.807, 2.05) is 4.90 Å². The van der Waals surface area contributed by atoms with Crippen LogP contribution in [-0.4, -0.2) is 71.5 Å². The number of nitrogens with zero attached hydrogens (tertiary/aromatic N) is 4. The molecule has 2 heterocycles. The molecule has 2 rings (SSSR count). The van der Waals surface area contributed by atoms with Gasteiger partial charge in [0, 0.05) is 25.2 Å². The molecule has 0 aliphatic carbocycles. The first kappa shape index (κ1) is 21.4. The monoisotopic (exact) mass is 439 g/mol. The van der Waals surface area contributed by atoms with Crippen molar-refractivity contribution in [1.29, 1.82) is 0 Å². The molecule has 1 fully saturated rings. The summed E-state index contributed by atoms with van der Waals surface area (Å²) in [6.45, 7) is 2.31. The minimum atomic E-state index is -1.84. The summed E-state index contributed by atoms with van der Waals surface area (Å²) in [4.78, 5) is 36.0. The maximum absolute atomic E-state index is 11.3. The average Bonchev–Trinajstić information content (AvgIpc) is 2.63. The highest BCUT2D eigenvalue weighted by Crippen LogP contribution is 2.36. The molecule has 0 saturated carbocycles. The van der Waals surface area contributed by atoms with Crippen LogP contribution in [0.15, 0.2) is 12.2 Å². The van der Waals surface area contributed by atoms with Crippen molar-refractivity contribution < 1.29 is 24.2 Å². The summed E-state index contributed by atoms with van der Waals surface area (Å²) in [6, 6.07) is 0. The molecular formula is C14H16Cl3N5O5. The molecule has 1 aliphatic heterocycles. The van der Waals surface area contributed by atoms with Gasteiger partial charge in [0.05, 0.1) is 19.8 Å². The van der Waals surface area contributed by atoms with E-state index < -0.39 is 15.7 Å². The number of carboxylic acid groups (broad SMARTS) is 1. The van der Waals surface area contributed by atoms with Crippen LogP contribution >= 0.6 is 34.8 Å². The molecule has 0 spiro atoms. The topological polar surface area (TPSA) is 127 Å². The molecule has 13 heteroatoms. The Morgan fingerprint density at radius 2 is 1.93 bits per heavy atom. The van der Waals surface area contributed by atoms with Crippen molar-refractivity contribution in [2.24, 2.45) is 0 Å². The summed E-state index contributed by atoms with van der Waals surface area (Å²) in [5.74, 6) is -1.60. The van der Waals surface area contributed by atoms with Crippen molar-refractivity contribution in [2.45, 2.75) is 3.79 Å². The molecule has 0 amide bonds. The number of nitrogens with one attached hydrogen (secondary N) is 1. The number of aliphatic carboxylic acids is 1. The second-order valence-electron chi connectivity index (χ2n) is 5.15. The summed E-state index contributed by atoms with van der Waals surface area (Å²) in [6.07, 6.45) is 1.49. The minimum absolute atomic E-state index is 0.0483. The van der Waals surface area contributed by atoms with Crippen LogP contribution in [0, 0.1) is 0 Å². The van der Waals surface area contributed by atoms with Gasteiger partial charge in [-0.05, 0) is 0 Å². The third kappa shape index (κ3) is 7.33. The molecule has 0 atom stereocenters. The zero-order valence-corrected chi connectivity index (χ0v) is 16.2. The predicted octanol–water partition coefficient (Wildman–Crippen LogP) is 1.13. The van der Waals surface area contributed by atoms with Crippen LogP contribution in [0.2, 0.25) is 0 Å². The largest absolute Gasteiger partial charge is 0.478 e. The van der Waals surface area contributed by atoms with Gasteiger partial charge in [-0.15, -0.1) is 0 Å². The maximum Gasteiger partial charge on any atom is 0.331 e. The van der Waals surface area contributed by atoms with E-state index in [1.165, 1.54) is 0 Å². The molecule has 27 heavy (non-hydrogen) atoms. The van der Waals surface area contributed by atoms with Crippen molar-refractivity contribution >= 4 is 58.6 Å². The third-order valence-corrected chi connectivity index (χ3v) is 3.67. The van der Waals surface area contributed by atoms with Gasteiger partial charge in [-0.2, -0.15) is 15.0 Å². The lowest BCUT2D eigenvalue weighted by atomic mass is 10.4. The van der Waals surface area contributed by atoms with Gasteiger partial charge in [0.2, 0.25) is 15.7 Å². The number of aromatic nitrogens is 3. The second-order valence-corrected chi connectivity index (χ2v) is 7.43. The van der Waals surface area contributed by atoms with E-state index >= 15 is 0 Å². The standard InChI is InChI=1S/C14H16Cl3N5O5/c15-14(16,17)11-19-12(18-3-6-27-10(25)2-1-9(23)24)21-13(20-11)22-4-7-26-8-5-22/h1-2H,3-8H2,(H,23,24)(H,18,19,20,21)/b2-1+. The van der Waals surface area contributed by atoms with Crippen molar-refractivity contribution in [3.63, 3.8) is 0 Å². The lowest BCUT2D eigenvalue weighted by molar-refractivity contribution is -0.138. The lowest BCUT2D eigenvalue weighted by Gasteiger charge is -2.27. The van der Waals surface area contributed by atoms with Crippen molar-refractivity contribution in [3.8, 4) is 0 Å². The fraction of sp³-hybridized carbons (Fsp3) is 0.500. The molecule has 1 aliphatic rings. The highest BCUT2D eigenvalue weighted by atomic mass is 35.6. The number of carboxylic acids is 1. The normalized spacial score (nSPS) is 15.0. The fourth-order valence-electron chi connectivity index (χ4n) is 1.98. The van der Waals surface area contributed by atoms with Gasteiger partial charge < -0.3 is 24.8 Å². The fourth-order valence-corrected chi connectivity index (χ4v) is 2.23. The Hall–Kier alpha value is -1.88. The molecule has 1 saturated heterocycles. The summed E-state index contributed by atoms with van der Waals surface area (Å²) < 4.78 is 8.28. The van der Waals surface area contributed by atoms with E-state index in [2.05, 4.69) is 20.3 Å².